The molecule has 3 aromatic rings. The molecule has 2 aliphatic rings. The molecule has 1 spiro atoms. The first-order valence-corrected chi connectivity index (χ1v) is 15.6. The van der Waals surface area contributed by atoms with Crippen LogP contribution in [0.25, 0.3) is 0 Å². The molecule has 3 heterocycles. The molecular formula is C27H33ClN8O2P+. The minimum absolute atomic E-state index is 0.283. The van der Waals surface area contributed by atoms with Gasteiger partial charge < -0.3 is 25.8 Å². The summed E-state index contributed by atoms with van der Waals surface area (Å²) in [5.74, 6) is 0.418. The van der Waals surface area contributed by atoms with Gasteiger partial charge in [0.1, 0.15) is 31.3 Å². The lowest BCUT2D eigenvalue weighted by Gasteiger charge is -2.60. The van der Waals surface area contributed by atoms with Gasteiger partial charge >= 0.3 is 0 Å². The van der Waals surface area contributed by atoms with Crippen LogP contribution in [0.4, 0.5) is 34.5 Å². The van der Waals surface area contributed by atoms with E-state index in [1.807, 2.05) is 49.5 Å². The first-order chi connectivity index (χ1) is 18.6. The molecule has 0 saturated carbocycles. The van der Waals surface area contributed by atoms with Crippen molar-refractivity contribution in [2.45, 2.75) is 6.04 Å². The molecule has 4 N–H and O–H groups in total. The number of hydrogen-bond donors (Lipinski definition) is 4. The normalized spacial score (nSPS) is 16.3. The fourth-order valence-corrected chi connectivity index (χ4v) is 6.42. The fraction of sp³-hybridized carbons (Fsp3) is 0.296. The zero-order valence-corrected chi connectivity index (χ0v) is 23.9. The van der Waals surface area contributed by atoms with Crippen molar-refractivity contribution in [3.8, 4) is 0 Å². The smallest absolute Gasteiger partial charge is 0.247 e. The average Bonchev–Trinajstić information content (AvgIpc) is 2.85. The summed E-state index contributed by atoms with van der Waals surface area (Å²) in [6, 6.07) is 13.7. The molecule has 1 amide bonds. The van der Waals surface area contributed by atoms with E-state index in [1.165, 1.54) is 12.3 Å². The van der Waals surface area contributed by atoms with E-state index in [0.717, 1.165) is 36.6 Å². The van der Waals surface area contributed by atoms with Crippen molar-refractivity contribution in [3.63, 3.8) is 0 Å². The van der Waals surface area contributed by atoms with Gasteiger partial charge in [-0.05, 0) is 56.8 Å². The van der Waals surface area contributed by atoms with Crippen LogP contribution in [-0.4, -0.2) is 73.2 Å². The fourth-order valence-electron chi connectivity index (χ4n) is 5.12. The van der Waals surface area contributed by atoms with Crippen LogP contribution in [-0.2, 0) is 9.36 Å². The van der Waals surface area contributed by atoms with Crippen molar-refractivity contribution in [2.75, 3.05) is 67.7 Å². The second-order valence-corrected chi connectivity index (χ2v) is 14.0. The molecule has 0 unspecified atom stereocenters. The number of benzene rings is 2. The maximum Gasteiger partial charge on any atom is 0.247 e. The number of nitrogens with zero attached hydrogens (tertiary/aromatic N) is 4. The van der Waals surface area contributed by atoms with E-state index in [9.17, 15) is 9.36 Å². The summed E-state index contributed by atoms with van der Waals surface area (Å²) in [6.45, 7) is 11.1. The summed E-state index contributed by atoms with van der Waals surface area (Å²) >= 11 is 6.40. The summed E-state index contributed by atoms with van der Waals surface area (Å²) in [5.41, 5.74) is 3.00. The summed E-state index contributed by atoms with van der Waals surface area (Å²) in [7, 11) is -0.528. The highest BCUT2D eigenvalue weighted by molar-refractivity contribution is 7.70. The lowest BCUT2D eigenvalue weighted by atomic mass is 10.0. The molecular weight excluding hydrogens is 535 g/mol. The van der Waals surface area contributed by atoms with Gasteiger partial charge in [-0.1, -0.05) is 30.3 Å². The van der Waals surface area contributed by atoms with E-state index in [1.54, 1.807) is 13.3 Å². The van der Waals surface area contributed by atoms with Gasteiger partial charge in [-0.15, -0.1) is 0 Å². The number of anilines is 6. The Labute approximate surface area is 233 Å². The van der Waals surface area contributed by atoms with Crippen molar-refractivity contribution >= 4 is 64.5 Å². The van der Waals surface area contributed by atoms with Crippen LogP contribution < -0.4 is 31.5 Å². The van der Waals surface area contributed by atoms with Crippen LogP contribution >= 0.6 is 18.7 Å². The standard InChI is InChI=1S/C27H32ClN8O2P/c1-5-25(37)32-22-12-18(10-11-23(22)35-16-36(17-35)14-19(15-36)29-2)31-27-30-13-20(28)26(34-27)33-21-8-6-7-9-24(21)39(3,4)38/h5-13,19,29H,1,14-17H2,2-4H3,(H2-,30,31,32,33,34,37,38)/p+1. The van der Waals surface area contributed by atoms with E-state index in [-0.39, 0.29) is 5.91 Å². The van der Waals surface area contributed by atoms with E-state index in [2.05, 4.69) is 42.7 Å². The second kappa shape index (κ2) is 10.6. The molecule has 2 saturated heterocycles. The van der Waals surface area contributed by atoms with Crippen LogP contribution in [0.2, 0.25) is 5.02 Å². The molecule has 0 bridgehead atoms. The number of aromatic nitrogens is 2. The Bertz CT molecular complexity index is 1460. The van der Waals surface area contributed by atoms with Crippen LogP contribution in [0.1, 0.15) is 0 Å². The molecule has 10 nitrogen and oxygen atoms in total. The summed E-state index contributed by atoms with van der Waals surface area (Å²) in [6.07, 6.45) is 2.76. The summed E-state index contributed by atoms with van der Waals surface area (Å²) < 4.78 is 13.8. The van der Waals surface area contributed by atoms with Crippen molar-refractivity contribution in [1.29, 1.82) is 0 Å². The van der Waals surface area contributed by atoms with E-state index in [0.29, 0.717) is 45.2 Å². The van der Waals surface area contributed by atoms with Crippen molar-refractivity contribution < 1.29 is 13.8 Å². The molecule has 1 aromatic heterocycles. The zero-order valence-electron chi connectivity index (χ0n) is 22.2. The largest absolute Gasteiger partial charge is 0.338 e. The molecule has 0 aliphatic carbocycles. The van der Waals surface area contributed by atoms with Gasteiger partial charge in [-0.25, -0.2) is 4.98 Å². The van der Waals surface area contributed by atoms with E-state index < -0.39 is 7.14 Å². The van der Waals surface area contributed by atoms with Gasteiger partial charge in [-0.2, -0.15) is 4.98 Å². The Morgan fingerprint density at radius 1 is 1.15 bits per heavy atom. The number of carbonyl (C=O) groups excluding carboxylic acids is 1. The number of rotatable bonds is 9. The number of hydrogen-bond acceptors (Lipinski definition) is 8. The highest BCUT2D eigenvalue weighted by Gasteiger charge is 2.52. The topological polar surface area (TPSA) is 111 Å². The van der Waals surface area contributed by atoms with Gasteiger partial charge in [-0.3, -0.25) is 14.2 Å². The van der Waals surface area contributed by atoms with Gasteiger partial charge in [0.2, 0.25) is 11.9 Å². The van der Waals surface area contributed by atoms with Crippen molar-refractivity contribution in [1.82, 2.24) is 15.3 Å². The van der Waals surface area contributed by atoms with Gasteiger partial charge in [0.25, 0.3) is 0 Å². The minimum Gasteiger partial charge on any atom is -0.338 e. The molecule has 0 atom stereocenters. The maximum absolute atomic E-state index is 12.8. The number of quaternary nitrogens is 1. The number of amides is 1. The zero-order chi connectivity index (χ0) is 27.8. The van der Waals surface area contributed by atoms with Crippen LogP contribution in [0, 0.1) is 0 Å². The van der Waals surface area contributed by atoms with Crippen molar-refractivity contribution in [2.24, 2.45) is 0 Å². The predicted octanol–water partition coefficient (Wildman–Crippen LogP) is 4.14. The van der Waals surface area contributed by atoms with Crippen LogP contribution in [0.15, 0.2) is 61.3 Å². The minimum atomic E-state index is -2.53. The van der Waals surface area contributed by atoms with Gasteiger partial charge in [0.15, 0.2) is 19.2 Å². The molecule has 39 heavy (non-hydrogen) atoms. The molecule has 5 rings (SSSR count). The Morgan fingerprint density at radius 2 is 1.90 bits per heavy atom. The molecule has 0 radical (unpaired) electrons. The van der Waals surface area contributed by atoms with Crippen molar-refractivity contribution in [3.05, 3.63) is 66.3 Å². The predicted molar refractivity (Wildman–Crippen MR) is 159 cm³/mol. The molecule has 12 heteroatoms. The Morgan fingerprint density at radius 3 is 2.59 bits per heavy atom. The molecule has 2 aromatic carbocycles. The Kier molecular flexibility index (Phi) is 7.39. The number of carbonyl (C=O) groups is 1. The number of likely N-dealkylation sites (N-methyl/N-ethyl adjacent to an activating group) is 1. The quantitative estimate of drug-likeness (QED) is 0.173. The molecule has 2 aliphatic heterocycles. The first-order valence-electron chi connectivity index (χ1n) is 12.6. The lowest BCUT2D eigenvalue weighted by Crippen LogP contribution is -2.81. The highest BCUT2D eigenvalue weighted by Crippen LogP contribution is 2.40. The third-order valence-electron chi connectivity index (χ3n) is 7.08. The first kappa shape index (κ1) is 27.1. The Hall–Kier alpha value is -3.43. The lowest BCUT2D eigenvalue weighted by molar-refractivity contribution is -0.997. The molecule has 2 fully saturated rings. The average molecular weight is 568 g/mol. The third kappa shape index (κ3) is 5.79. The maximum atomic E-state index is 12.8. The highest BCUT2D eigenvalue weighted by atomic mass is 35.5. The third-order valence-corrected chi connectivity index (χ3v) is 8.91. The number of nitrogens with one attached hydrogen (secondary N) is 4. The Balaban J connectivity index is 1.36. The summed E-state index contributed by atoms with van der Waals surface area (Å²) in [5, 5.41) is 13.7. The van der Waals surface area contributed by atoms with Crippen LogP contribution in [0.3, 0.4) is 0 Å². The van der Waals surface area contributed by atoms with E-state index in [4.69, 9.17) is 11.6 Å². The van der Waals surface area contributed by atoms with Gasteiger partial charge in [0.05, 0.1) is 23.3 Å². The summed E-state index contributed by atoms with van der Waals surface area (Å²) in [4.78, 5) is 23.4. The monoisotopic (exact) mass is 567 g/mol. The van der Waals surface area contributed by atoms with Crippen LogP contribution in [0.5, 0.6) is 0 Å². The van der Waals surface area contributed by atoms with E-state index >= 15 is 0 Å². The molecule has 204 valence electrons. The SMILES string of the molecule is C=CC(=O)Nc1cc(Nc2ncc(Cl)c(Nc3ccccc3P(C)(C)=O)n2)ccc1N1C[N+]2(CC(NC)C2)C1. The number of para-hydroxylation sites is 1. The van der Waals surface area contributed by atoms with Gasteiger partial charge in [0, 0.05) is 11.0 Å². The second-order valence-electron chi connectivity index (χ2n) is 10.4. The number of halogens is 1.